The molecule has 1 aliphatic rings. The normalized spacial score (nSPS) is 21.1. The summed E-state index contributed by atoms with van der Waals surface area (Å²) in [7, 11) is 0. The fraction of sp³-hybridized carbons (Fsp3) is 0.353. The van der Waals surface area contributed by atoms with Crippen molar-refractivity contribution in [2.75, 3.05) is 13.2 Å². The van der Waals surface area contributed by atoms with E-state index in [-0.39, 0.29) is 12.0 Å². The second-order valence-electron chi connectivity index (χ2n) is 5.51. The molecule has 0 unspecified atom stereocenters. The lowest BCUT2D eigenvalue weighted by Crippen LogP contribution is -2.24. The van der Waals surface area contributed by atoms with E-state index in [1.807, 2.05) is 12.1 Å². The highest BCUT2D eigenvalue weighted by atomic mass is 32.1. The van der Waals surface area contributed by atoms with E-state index in [2.05, 4.69) is 29.6 Å². The second kappa shape index (κ2) is 7.05. The van der Waals surface area contributed by atoms with Crippen molar-refractivity contribution in [1.29, 1.82) is 0 Å². The molecule has 1 aromatic carbocycles. The molecule has 2 heterocycles. The van der Waals surface area contributed by atoms with Crippen LogP contribution < -0.4 is 11.1 Å². The van der Waals surface area contributed by atoms with E-state index < -0.39 is 0 Å². The van der Waals surface area contributed by atoms with Gasteiger partial charge in [-0.3, -0.25) is 4.79 Å². The number of hydrogen-bond acceptors (Lipinski definition) is 4. The lowest BCUT2D eigenvalue weighted by molar-refractivity contribution is 0.0904. The van der Waals surface area contributed by atoms with Gasteiger partial charge in [-0.15, -0.1) is 11.3 Å². The van der Waals surface area contributed by atoms with Crippen LogP contribution in [0, 0.1) is 5.92 Å². The third-order valence-electron chi connectivity index (χ3n) is 3.95. The van der Waals surface area contributed by atoms with Gasteiger partial charge < -0.3 is 15.8 Å². The fourth-order valence-corrected chi connectivity index (χ4v) is 3.67. The molecular formula is C17H20N2O2S. The first-order chi connectivity index (χ1) is 10.7. The minimum absolute atomic E-state index is 0.179. The van der Waals surface area contributed by atoms with Crippen molar-refractivity contribution in [1.82, 2.24) is 5.32 Å². The summed E-state index contributed by atoms with van der Waals surface area (Å²) in [5, 5.41) is 3.47. The summed E-state index contributed by atoms with van der Waals surface area (Å²) in [4.78, 5) is 12.8. The van der Waals surface area contributed by atoms with Crippen LogP contribution >= 0.6 is 11.3 Å². The van der Waals surface area contributed by atoms with Gasteiger partial charge in [0, 0.05) is 30.5 Å². The quantitative estimate of drug-likeness (QED) is 0.861. The summed E-state index contributed by atoms with van der Waals surface area (Å²) in [6.07, 6.45) is 1.25. The molecule has 3 rings (SSSR count). The van der Waals surface area contributed by atoms with Crippen LogP contribution in [0.25, 0.3) is 0 Å². The van der Waals surface area contributed by atoms with Gasteiger partial charge in [-0.25, -0.2) is 0 Å². The van der Waals surface area contributed by atoms with Crippen LogP contribution in [0.3, 0.4) is 0 Å². The zero-order valence-electron chi connectivity index (χ0n) is 12.3. The zero-order valence-corrected chi connectivity index (χ0v) is 13.1. The SMILES string of the molecule is NC(=O)c1ccc(CNC[C@H]2CCO[C@H]2c2ccccc2)s1. The Morgan fingerprint density at radius 2 is 2.09 bits per heavy atom. The molecule has 5 heteroatoms. The first-order valence-electron chi connectivity index (χ1n) is 7.50. The summed E-state index contributed by atoms with van der Waals surface area (Å²) in [5.74, 6) is 0.127. The molecule has 1 aromatic heterocycles. The molecule has 0 saturated carbocycles. The highest BCUT2D eigenvalue weighted by molar-refractivity contribution is 7.14. The van der Waals surface area contributed by atoms with Crippen LogP contribution in [-0.2, 0) is 11.3 Å². The maximum absolute atomic E-state index is 11.1. The third kappa shape index (κ3) is 3.55. The third-order valence-corrected chi connectivity index (χ3v) is 5.05. The first kappa shape index (κ1) is 15.2. The molecule has 2 atom stereocenters. The molecule has 1 aliphatic heterocycles. The van der Waals surface area contributed by atoms with Crippen molar-refractivity contribution >= 4 is 17.2 Å². The van der Waals surface area contributed by atoms with Crippen molar-refractivity contribution in [2.45, 2.75) is 19.1 Å². The van der Waals surface area contributed by atoms with Crippen LogP contribution in [0.15, 0.2) is 42.5 Å². The summed E-state index contributed by atoms with van der Waals surface area (Å²) in [5.41, 5.74) is 6.52. The number of primary amides is 1. The van der Waals surface area contributed by atoms with Crippen molar-refractivity contribution in [3.05, 3.63) is 57.8 Å². The summed E-state index contributed by atoms with van der Waals surface area (Å²) < 4.78 is 5.89. The molecule has 1 saturated heterocycles. The molecule has 1 fully saturated rings. The van der Waals surface area contributed by atoms with Gasteiger partial charge in [0.15, 0.2) is 0 Å². The monoisotopic (exact) mass is 316 g/mol. The lowest BCUT2D eigenvalue weighted by Gasteiger charge is -2.19. The Balaban J connectivity index is 1.53. The van der Waals surface area contributed by atoms with Gasteiger partial charge in [-0.2, -0.15) is 0 Å². The molecule has 22 heavy (non-hydrogen) atoms. The van der Waals surface area contributed by atoms with E-state index >= 15 is 0 Å². The lowest BCUT2D eigenvalue weighted by atomic mass is 9.95. The Kier molecular flexibility index (Phi) is 4.87. The number of thiophene rings is 1. The van der Waals surface area contributed by atoms with Crippen molar-refractivity contribution in [3.8, 4) is 0 Å². The Morgan fingerprint density at radius 3 is 2.82 bits per heavy atom. The second-order valence-corrected chi connectivity index (χ2v) is 6.68. The number of nitrogens with one attached hydrogen (secondary N) is 1. The smallest absolute Gasteiger partial charge is 0.258 e. The first-order valence-corrected chi connectivity index (χ1v) is 8.31. The largest absolute Gasteiger partial charge is 0.373 e. The molecule has 1 amide bonds. The Hall–Kier alpha value is -1.69. The highest BCUT2D eigenvalue weighted by Crippen LogP contribution is 2.33. The Morgan fingerprint density at radius 1 is 1.27 bits per heavy atom. The van der Waals surface area contributed by atoms with Crippen LogP contribution in [0.4, 0.5) is 0 Å². The van der Waals surface area contributed by atoms with E-state index in [0.29, 0.717) is 10.8 Å². The van der Waals surface area contributed by atoms with Crippen molar-refractivity contribution in [3.63, 3.8) is 0 Å². The standard InChI is InChI=1S/C17H20N2O2S/c18-17(20)15-7-6-14(22-15)11-19-10-13-8-9-21-16(13)12-4-2-1-3-5-12/h1-7,13,16,19H,8-11H2,(H2,18,20)/t13-,16+/m1/s1. The van der Waals surface area contributed by atoms with E-state index in [9.17, 15) is 4.79 Å². The molecule has 0 radical (unpaired) electrons. The highest BCUT2D eigenvalue weighted by Gasteiger charge is 2.29. The molecule has 116 valence electrons. The molecule has 0 spiro atoms. The summed E-state index contributed by atoms with van der Waals surface area (Å²) >= 11 is 1.45. The van der Waals surface area contributed by atoms with Crippen molar-refractivity contribution in [2.24, 2.45) is 11.7 Å². The molecule has 0 bridgehead atoms. The van der Waals surface area contributed by atoms with Gasteiger partial charge in [0.25, 0.3) is 5.91 Å². The fourth-order valence-electron chi connectivity index (χ4n) is 2.84. The minimum Gasteiger partial charge on any atom is -0.373 e. The number of carbonyl (C=O) groups is 1. The molecule has 3 N–H and O–H groups in total. The molecule has 4 nitrogen and oxygen atoms in total. The predicted octanol–water partition coefficient (Wildman–Crippen LogP) is 2.71. The number of nitrogens with two attached hydrogens (primary N) is 1. The van der Waals surface area contributed by atoms with Crippen LogP contribution in [0.1, 0.15) is 32.6 Å². The van der Waals surface area contributed by atoms with Crippen LogP contribution in [0.5, 0.6) is 0 Å². The van der Waals surface area contributed by atoms with E-state index in [1.165, 1.54) is 16.9 Å². The predicted molar refractivity (Wildman–Crippen MR) is 87.8 cm³/mol. The maximum atomic E-state index is 11.1. The van der Waals surface area contributed by atoms with Crippen LogP contribution in [0.2, 0.25) is 0 Å². The average Bonchev–Trinajstić information content (AvgIpc) is 3.17. The maximum Gasteiger partial charge on any atom is 0.258 e. The summed E-state index contributed by atoms with van der Waals surface area (Å²) in [6.45, 7) is 2.48. The summed E-state index contributed by atoms with van der Waals surface area (Å²) in [6, 6.07) is 14.1. The Labute approximate surface area is 134 Å². The number of ether oxygens (including phenoxy) is 1. The van der Waals surface area contributed by atoms with E-state index in [0.717, 1.165) is 31.0 Å². The molecule has 0 aliphatic carbocycles. The minimum atomic E-state index is -0.357. The van der Waals surface area contributed by atoms with E-state index in [4.69, 9.17) is 10.5 Å². The Bertz CT molecular complexity index is 627. The number of rotatable bonds is 6. The molecule has 2 aromatic rings. The van der Waals surface area contributed by atoms with Crippen molar-refractivity contribution < 1.29 is 9.53 Å². The number of amides is 1. The van der Waals surface area contributed by atoms with Gasteiger partial charge in [0.05, 0.1) is 11.0 Å². The average molecular weight is 316 g/mol. The van der Waals surface area contributed by atoms with Gasteiger partial charge in [0.1, 0.15) is 0 Å². The van der Waals surface area contributed by atoms with Gasteiger partial charge in [0.2, 0.25) is 0 Å². The number of carbonyl (C=O) groups excluding carboxylic acids is 1. The number of benzene rings is 1. The molecular weight excluding hydrogens is 296 g/mol. The van der Waals surface area contributed by atoms with Gasteiger partial charge in [-0.05, 0) is 24.1 Å². The van der Waals surface area contributed by atoms with Crippen LogP contribution in [-0.4, -0.2) is 19.1 Å². The van der Waals surface area contributed by atoms with Gasteiger partial charge >= 0.3 is 0 Å². The van der Waals surface area contributed by atoms with Gasteiger partial charge in [-0.1, -0.05) is 30.3 Å². The topological polar surface area (TPSA) is 64.4 Å². The number of hydrogen-bond donors (Lipinski definition) is 2. The zero-order chi connectivity index (χ0) is 15.4. The van der Waals surface area contributed by atoms with E-state index in [1.54, 1.807) is 6.07 Å².